The predicted octanol–water partition coefficient (Wildman–Crippen LogP) is 4.27. The van der Waals surface area contributed by atoms with Gasteiger partial charge in [-0.15, -0.1) is 11.3 Å². The maximum atomic E-state index is 12.8. The molecule has 0 spiro atoms. The molecule has 4 rings (SSSR count). The average molecular weight is 436 g/mol. The molecule has 1 aliphatic carbocycles. The molecule has 0 radical (unpaired) electrons. The highest BCUT2D eigenvalue weighted by atomic mass is 32.2. The van der Waals surface area contributed by atoms with Crippen molar-refractivity contribution in [3.63, 3.8) is 0 Å². The molecule has 1 N–H and O–H groups in total. The Morgan fingerprint density at radius 2 is 1.90 bits per heavy atom. The molecular weight excluding hydrogens is 414 g/mol. The molecule has 1 fully saturated rings. The van der Waals surface area contributed by atoms with Crippen LogP contribution in [-0.4, -0.2) is 32.8 Å². The molecule has 2 heterocycles. The molecule has 0 bridgehead atoms. The van der Waals surface area contributed by atoms with E-state index in [2.05, 4.69) is 14.9 Å². The van der Waals surface area contributed by atoms with Crippen LogP contribution in [0.4, 0.5) is 5.69 Å². The van der Waals surface area contributed by atoms with Crippen molar-refractivity contribution in [2.75, 3.05) is 18.9 Å². The number of rotatable bonds is 7. The minimum atomic E-state index is -3.77. The van der Waals surface area contributed by atoms with Gasteiger partial charge in [-0.05, 0) is 31.0 Å². The number of thiophene rings is 1. The third-order valence-corrected chi connectivity index (χ3v) is 7.70. The summed E-state index contributed by atoms with van der Waals surface area (Å²) in [5, 5.41) is 5.74. The largest absolute Gasteiger partial charge is 0.493 e. The molecule has 29 heavy (non-hydrogen) atoms. The van der Waals surface area contributed by atoms with Crippen molar-refractivity contribution in [3.8, 4) is 22.9 Å². The van der Waals surface area contributed by atoms with Crippen LogP contribution in [0.25, 0.3) is 11.4 Å². The zero-order valence-corrected chi connectivity index (χ0v) is 17.7. The molecular formula is C19H21N3O5S2. The van der Waals surface area contributed by atoms with Crippen molar-refractivity contribution in [3.05, 3.63) is 35.5 Å². The van der Waals surface area contributed by atoms with E-state index in [-0.39, 0.29) is 4.21 Å². The van der Waals surface area contributed by atoms with Crippen LogP contribution in [-0.2, 0) is 10.0 Å². The zero-order valence-electron chi connectivity index (χ0n) is 16.0. The van der Waals surface area contributed by atoms with Crippen molar-refractivity contribution in [1.82, 2.24) is 10.1 Å². The van der Waals surface area contributed by atoms with E-state index in [0.29, 0.717) is 40.4 Å². The quantitative estimate of drug-likeness (QED) is 0.591. The summed E-state index contributed by atoms with van der Waals surface area (Å²) in [4.78, 5) is 4.47. The zero-order chi connectivity index (χ0) is 20.4. The summed E-state index contributed by atoms with van der Waals surface area (Å²) in [6, 6.07) is 6.37. The van der Waals surface area contributed by atoms with Gasteiger partial charge in [-0.25, -0.2) is 8.42 Å². The van der Waals surface area contributed by atoms with Gasteiger partial charge in [-0.3, -0.25) is 4.72 Å². The Morgan fingerprint density at radius 3 is 2.62 bits per heavy atom. The molecule has 0 atom stereocenters. The first-order valence-corrected chi connectivity index (χ1v) is 11.5. The van der Waals surface area contributed by atoms with E-state index in [4.69, 9.17) is 14.0 Å². The summed E-state index contributed by atoms with van der Waals surface area (Å²) in [5.41, 5.74) is 0.997. The first kappa shape index (κ1) is 19.7. The summed E-state index contributed by atoms with van der Waals surface area (Å²) < 4.78 is 44.1. The summed E-state index contributed by atoms with van der Waals surface area (Å²) in [6.45, 7) is 0. The van der Waals surface area contributed by atoms with Crippen LogP contribution in [0.3, 0.4) is 0 Å². The molecule has 1 saturated carbocycles. The van der Waals surface area contributed by atoms with E-state index in [0.717, 1.165) is 24.2 Å². The third kappa shape index (κ3) is 4.08. The summed E-state index contributed by atoms with van der Waals surface area (Å²) in [6.07, 6.45) is 4.45. The third-order valence-electron chi connectivity index (χ3n) is 4.88. The number of hydrogen-bond donors (Lipinski definition) is 1. The predicted molar refractivity (Wildman–Crippen MR) is 109 cm³/mol. The van der Waals surface area contributed by atoms with Crippen LogP contribution >= 0.6 is 11.3 Å². The Balaban J connectivity index is 1.54. The molecule has 1 aliphatic rings. The van der Waals surface area contributed by atoms with Crippen LogP contribution < -0.4 is 14.2 Å². The SMILES string of the molecule is COc1ccc(NS(=O)(=O)c2cc(-c3noc(C4CCCC4)n3)cs2)cc1OC. The van der Waals surface area contributed by atoms with E-state index in [9.17, 15) is 8.42 Å². The second kappa shape index (κ2) is 8.03. The number of nitrogens with one attached hydrogen (secondary N) is 1. The second-order valence-corrected chi connectivity index (χ2v) is 9.59. The van der Waals surface area contributed by atoms with Crippen LogP contribution in [0.1, 0.15) is 37.5 Å². The highest BCUT2D eigenvalue weighted by molar-refractivity contribution is 7.94. The normalized spacial score (nSPS) is 14.8. The number of hydrogen-bond acceptors (Lipinski definition) is 8. The lowest BCUT2D eigenvalue weighted by atomic mass is 10.1. The summed E-state index contributed by atoms with van der Waals surface area (Å²) >= 11 is 1.10. The summed E-state index contributed by atoms with van der Waals surface area (Å²) in [7, 11) is -0.757. The van der Waals surface area contributed by atoms with E-state index < -0.39 is 10.0 Å². The van der Waals surface area contributed by atoms with Crippen LogP contribution in [0.2, 0.25) is 0 Å². The van der Waals surface area contributed by atoms with Crippen molar-refractivity contribution in [2.45, 2.75) is 35.8 Å². The van der Waals surface area contributed by atoms with Gasteiger partial charge in [0.1, 0.15) is 4.21 Å². The van der Waals surface area contributed by atoms with E-state index in [1.54, 1.807) is 29.6 Å². The number of sulfonamides is 1. The number of anilines is 1. The van der Waals surface area contributed by atoms with Gasteiger partial charge < -0.3 is 14.0 Å². The van der Waals surface area contributed by atoms with Crippen LogP contribution in [0.15, 0.2) is 38.4 Å². The molecule has 8 nitrogen and oxygen atoms in total. The monoisotopic (exact) mass is 435 g/mol. The van der Waals surface area contributed by atoms with Gasteiger partial charge in [0.05, 0.1) is 19.9 Å². The lowest BCUT2D eigenvalue weighted by Crippen LogP contribution is -2.11. The van der Waals surface area contributed by atoms with Crippen molar-refractivity contribution < 1.29 is 22.4 Å². The number of nitrogens with zero attached hydrogens (tertiary/aromatic N) is 2. The fourth-order valence-corrected chi connectivity index (χ4v) is 5.58. The average Bonchev–Trinajstić information content (AvgIpc) is 3.48. The fraction of sp³-hybridized carbons (Fsp3) is 0.368. The number of aromatic nitrogens is 2. The Labute approximate surface area is 172 Å². The van der Waals surface area contributed by atoms with Crippen LogP contribution in [0, 0.1) is 0 Å². The lowest BCUT2D eigenvalue weighted by Gasteiger charge is -2.11. The molecule has 3 aromatic rings. The highest BCUT2D eigenvalue weighted by Gasteiger charge is 2.24. The van der Waals surface area contributed by atoms with E-state index in [1.165, 1.54) is 27.1 Å². The maximum absolute atomic E-state index is 12.8. The molecule has 10 heteroatoms. The van der Waals surface area contributed by atoms with Gasteiger partial charge >= 0.3 is 0 Å². The molecule has 0 aliphatic heterocycles. The number of ether oxygens (including phenoxy) is 2. The number of methoxy groups -OCH3 is 2. The van der Waals surface area contributed by atoms with Gasteiger partial charge in [0.25, 0.3) is 10.0 Å². The fourth-order valence-electron chi connectivity index (χ4n) is 3.37. The molecule has 0 unspecified atom stereocenters. The van der Waals surface area contributed by atoms with Crippen molar-refractivity contribution in [2.24, 2.45) is 0 Å². The highest BCUT2D eigenvalue weighted by Crippen LogP contribution is 2.35. The van der Waals surface area contributed by atoms with E-state index in [1.807, 2.05) is 0 Å². The molecule has 1 aromatic carbocycles. The Morgan fingerprint density at radius 1 is 1.14 bits per heavy atom. The van der Waals surface area contributed by atoms with Gasteiger partial charge in [-0.1, -0.05) is 18.0 Å². The minimum Gasteiger partial charge on any atom is -0.493 e. The lowest BCUT2D eigenvalue weighted by molar-refractivity contribution is 0.354. The van der Waals surface area contributed by atoms with E-state index >= 15 is 0 Å². The van der Waals surface area contributed by atoms with Gasteiger partial charge in [0.2, 0.25) is 11.7 Å². The maximum Gasteiger partial charge on any atom is 0.271 e. The smallest absolute Gasteiger partial charge is 0.271 e. The molecule has 0 amide bonds. The van der Waals surface area contributed by atoms with Gasteiger partial charge in [0.15, 0.2) is 11.5 Å². The first-order valence-electron chi connectivity index (χ1n) is 9.17. The molecule has 154 valence electrons. The summed E-state index contributed by atoms with van der Waals surface area (Å²) in [5.74, 6) is 2.31. The number of benzene rings is 1. The standard InChI is InChI=1S/C19H21N3O5S2/c1-25-15-8-7-14(10-16(15)26-2)22-29(23,24)17-9-13(11-28-17)18-20-19(27-21-18)12-5-3-4-6-12/h7-12,22H,3-6H2,1-2H3. The second-order valence-electron chi connectivity index (χ2n) is 6.77. The first-order chi connectivity index (χ1) is 14.0. The molecule has 2 aromatic heterocycles. The Bertz CT molecular complexity index is 1100. The van der Waals surface area contributed by atoms with Crippen molar-refractivity contribution >= 4 is 27.0 Å². The Kier molecular flexibility index (Phi) is 5.46. The van der Waals surface area contributed by atoms with Gasteiger partial charge in [0, 0.05) is 22.9 Å². The molecule has 0 saturated heterocycles. The van der Waals surface area contributed by atoms with Gasteiger partial charge in [-0.2, -0.15) is 4.98 Å². The topological polar surface area (TPSA) is 104 Å². The van der Waals surface area contributed by atoms with Crippen LogP contribution in [0.5, 0.6) is 11.5 Å². The Hall–Kier alpha value is -2.59. The minimum absolute atomic E-state index is 0.162. The van der Waals surface area contributed by atoms with Crippen molar-refractivity contribution in [1.29, 1.82) is 0 Å².